The molecular formula is C19H21NO3S. The Kier molecular flexibility index (Phi) is 6.63. The van der Waals surface area contributed by atoms with Gasteiger partial charge in [-0.05, 0) is 35.7 Å². The van der Waals surface area contributed by atoms with Crippen molar-refractivity contribution in [1.82, 2.24) is 4.90 Å². The number of amides is 1. The third kappa shape index (κ3) is 4.73. The zero-order chi connectivity index (χ0) is 17.4. The molecule has 0 radical (unpaired) electrons. The summed E-state index contributed by atoms with van der Waals surface area (Å²) >= 11 is 1.63. The lowest BCUT2D eigenvalue weighted by Gasteiger charge is -2.18. The highest BCUT2D eigenvalue weighted by Crippen LogP contribution is 2.25. The molecule has 0 bridgehead atoms. The number of hydrogen-bond acceptors (Lipinski definition) is 4. The Morgan fingerprint density at radius 2 is 2.12 bits per heavy atom. The number of rotatable bonds is 8. The van der Waals surface area contributed by atoms with E-state index < -0.39 is 0 Å². The lowest BCUT2D eigenvalue weighted by atomic mass is 10.1. The second-order valence-corrected chi connectivity index (χ2v) is 6.06. The van der Waals surface area contributed by atoms with Crippen LogP contribution in [0.4, 0.5) is 0 Å². The van der Waals surface area contributed by atoms with Crippen LogP contribution < -0.4 is 9.47 Å². The number of benzene rings is 1. The molecule has 0 fully saturated rings. The van der Waals surface area contributed by atoms with Crippen LogP contribution in [-0.2, 0) is 11.3 Å². The van der Waals surface area contributed by atoms with Crippen LogP contribution in [0.25, 0.3) is 6.08 Å². The molecule has 0 aliphatic carbocycles. The maximum atomic E-state index is 12.5. The highest BCUT2D eigenvalue weighted by Gasteiger charge is 2.11. The highest BCUT2D eigenvalue weighted by molar-refractivity contribution is 7.09. The van der Waals surface area contributed by atoms with E-state index in [0.717, 1.165) is 10.4 Å². The standard InChI is InChI=1S/C19H21NO3S/c1-4-11-20(14-17-6-5-12-24-17)19(21)10-7-15-13-16(22-2)8-9-18(15)23-3/h4-10,12-13H,1,11,14H2,2-3H3/b10-7+. The average Bonchev–Trinajstić information content (AvgIpc) is 3.12. The van der Waals surface area contributed by atoms with Gasteiger partial charge in [-0.2, -0.15) is 0 Å². The van der Waals surface area contributed by atoms with E-state index in [2.05, 4.69) is 6.58 Å². The monoisotopic (exact) mass is 343 g/mol. The van der Waals surface area contributed by atoms with Crippen LogP contribution >= 0.6 is 11.3 Å². The SMILES string of the molecule is C=CCN(Cc1cccs1)C(=O)/C=C/c1cc(OC)ccc1OC. The Balaban J connectivity index is 2.16. The van der Waals surface area contributed by atoms with Gasteiger partial charge in [0.05, 0.1) is 20.8 Å². The van der Waals surface area contributed by atoms with Crippen molar-refractivity contribution in [2.75, 3.05) is 20.8 Å². The summed E-state index contributed by atoms with van der Waals surface area (Å²) in [5.74, 6) is 1.32. The van der Waals surface area contributed by atoms with Crippen molar-refractivity contribution in [3.63, 3.8) is 0 Å². The van der Waals surface area contributed by atoms with Crippen molar-refractivity contribution >= 4 is 23.3 Å². The summed E-state index contributed by atoms with van der Waals surface area (Å²) < 4.78 is 10.5. The first-order chi connectivity index (χ1) is 11.7. The molecule has 2 rings (SSSR count). The first-order valence-corrected chi connectivity index (χ1v) is 8.38. The molecule has 2 aromatic rings. The first kappa shape index (κ1) is 17.8. The van der Waals surface area contributed by atoms with Crippen LogP contribution in [0.5, 0.6) is 11.5 Å². The summed E-state index contributed by atoms with van der Waals surface area (Å²) in [6, 6.07) is 9.46. The number of nitrogens with zero attached hydrogens (tertiary/aromatic N) is 1. The second kappa shape index (κ2) is 8.93. The molecule has 0 aliphatic heterocycles. The fourth-order valence-electron chi connectivity index (χ4n) is 2.22. The summed E-state index contributed by atoms with van der Waals surface area (Å²) in [7, 11) is 3.20. The quantitative estimate of drug-likeness (QED) is 0.537. The molecule has 1 aromatic carbocycles. The molecule has 5 heteroatoms. The molecule has 24 heavy (non-hydrogen) atoms. The minimum atomic E-state index is -0.0758. The van der Waals surface area contributed by atoms with Gasteiger partial charge in [0.15, 0.2) is 0 Å². The van der Waals surface area contributed by atoms with Crippen LogP contribution in [0.1, 0.15) is 10.4 Å². The maximum Gasteiger partial charge on any atom is 0.247 e. The zero-order valence-electron chi connectivity index (χ0n) is 13.9. The molecular weight excluding hydrogens is 322 g/mol. The topological polar surface area (TPSA) is 38.8 Å². The summed E-state index contributed by atoms with van der Waals surface area (Å²) in [4.78, 5) is 15.4. The van der Waals surface area contributed by atoms with Crippen LogP contribution in [-0.4, -0.2) is 31.6 Å². The number of hydrogen-bond donors (Lipinski definition) is 0. The molecule has 0 atom stereocenters. The Morgan fingerprint density at radius 1 is 1.29 bits per heavy atom. The molecule has 0 spiro atoms. The summed E-state index contributed by atoms with van der Waals surface area (Å²) in [5.41, 5.74) is 0.792. The Bertz CT molecular complexity index is 707. The fraction of sp³-hybridized carbons (Fsp3) is 0.211. The highest BCUT2D eigenvalue weighted by atomic mass is 32.1. The minimum absolute atomic E-state index is 0.0758. The predicted octanol–water partition coefficient (Wildman–Crippen LogP) is 3.99. The maximum absolute atomic E-state index is 12.5. The largest absolute Gasteiger partial charge is 0.497 e. The molecule has 0 aliphatic rings. The first-order valence-electron chi connectivity index (χ1n) is 7.50. The van der Waals surface area contributed by atoms with Gasteiger partial charge in [0.2, 0.25) is 5.91 Å². The van der Waals surface area contributed by atoms with Gasteiger partial charge in [0, 0.05) is 23.1 Å². The van der Waals surface area contributed by atoms with E-state index in [0.29, 0.717) is 24.6 Å². The van der Waals surface area contributed by atoms with Crippen molar-refractivity contribution in [1.29, 1.82) is 0 Å². The van der Waals surface area contributed by atoms with Crippen molar-refractivity contribution in [3.8, 4) is 11.5 Å². The van der Waals surface area contributed by atoms with Gasteiger partial charge >= 0.3 is 0 Å². The van der Waals surface area contributed by atoms with Gasteiger partial charge in [0.1, 0.15) is 11.5 Å². The summed E-state index contributed by atoms with van der Waals surface area (Å²) in [6.45, 7) is 4.80. The zero-order valence-corrected chi connectivity index (χ0v) is 14.7. The molecule has 0 saturated carbocycles. The third-order valence-corrected chi connectivity index (χ3v) is 4.29. The van der Waals surface area contributed by atoms with Crippen molar-refractivity contribution < 1.29 is 14.3 Å². The van der Waals surface area contributed by atoms with E-state index in [1.54, 1.807) is 48.7 Å². The van der Waals surface area contributed by atoms with Gasteiger partial charge < -0.3 is 14.4 Å². The van der Waals surface area contributed by atoms with Crippen LogP contribution in [0.15, 0.2) is 54.4 Å². The van der Waals surface area contributed by atoms with E-state index >= 15 is 0 Å². The van der Waals surface area contributed by atoms with E-state index in [1.165, 1.54) is 0 Å². The van der Waals surface area contributed by atoms with Crippen molar-refractivity contribution in [2.45, 2.75) is 6.54 Å². The van der Waals surface area contributed by atoms with Gasteiger partial charge in [-0.3, -0.25) is 4.79 Å². The van der Waals surface area contributed by atoms with E-state index in [-0.39, 0.29) is 5.91 Å². The van der Waals surface area contributed by atoms with Gasteiger partial charge in [-0.25, -0.2) is 0 Å². The molecule has 4 nitrogen and oxygen atoms in total. The van der Waals surface area contributed by atoms with Crippen molar-refractivity contribution in [3.05, 3.63) is 64.9 Å². The summed E-state index contributed by atoms with van der Waals surface area (Å²) in [6.07, 6.45) is 5.02. The lowest BCUT2D eigenvalue weighted by molar-refractivity contribution is -0.126. The van der Waals surface area contributed by atoms with Crippen LogP contribution in [0, 0.1) is 0 Å². The third-order valence-electron chi connectivity index (χ3n) is 3.43. The van der Waals surface area contributed by atoms with E-state index in [9.17, 15) is 4.79 Å². The molecule has 1 heterocycles. The molecule has 0 saturated heterocycles. The molecule has 0 unspecified atom stereocenters. The van der Waals surface area contributed by atoms with Crippen molar-refractivity contribution in [2.24, 2.45) is 0 Å². The Labute approximate surface area is 146 Å². The number of ether oxygens (including phenoxy) is 2. The van der Waals surface area contributed by atoms with E-state index in [4.69, 9.17) is 9.47 Å². The Hall–Kier alpha value is -2.53. The molecule has 0 N–H and O–H groups in total. The average molecular weight is 343 g/mol. The van der Waals surface area contributed by atoms with Gasteiger partial charge in [-0.1, -0.05) is 12.1 Å². The smallest absolute Gasteiger partial charge is 0.247 e. The molecule has 1 amide bonds. The molecule has 1 aromatic heterocycles. The fourth-order valence-corrected chi connectivity index (χ4v) is 2.93. The number of thiophene rings is 1. The molecule has 126 valence electrons. The predicted molar refractivity (Wildman–Crippen MR) is 98.5 cm³/mol. The minimum Gasteiger partial charge on any atom is -0.497 e. The number of carbonyl (C=O) groups is 1. The van der Waals surface area contributed by atoms with Gasteiger partial charge in [0.25, 0.3) is 0 Å². The van der Waals surface area contributed by atoms with Crippen LogP contribution in [0.3, 0.4) is 0 Å². The van der Waals surface area contributed by atoms with Gasteiger partial charge in [-0.15, -0.1) is 17.9 Å². The Morgan fingerprint density at radius 3 is 2.75 bits per heavy atom. The number of carbonyl (C=O) groups excluding carboxylic acids is 1. The normalized spacial score (nSPS) is 10.6. The number of methoxy groups -OCH3 is 2. The summed E-state index contributed by atoms with van der Waals surface area (Å²) in [5, 5.41) is 2.00. The second-order valence-electron chi connectivity index (χ2n) is 5.03. The van der Waals surface area contributed by atoms with E-state index in [1.807, 2.05) is 35.7 Å². The van der Waals surface area contributed by atoms with Crippen LogP contribution in [0.2, 0.25) is 0 Å². The lowest BCUT2D eigenvalue weighted by Crippen LogP contribution is -2.28.